The number of rotatable bonds is 6. The largest absolute Gasteiger partial charge is 0.374 e. The van der Waals surface area contributed by atoms with Gasteiger partial charge in [-0.1, -0.05) is 32.1 Å². The van der Waals surface area contributed by atoms with Crippen molar-refractivity contribution in [2.45, 2.75) is 32.7 Å². The molecule has 0 aliphatic heterocycles. The third-order valence-corrected chi connectivity index (χ3v) is 2.77. The first-order chi connectivity index (χ1) is 8.54. The van der Waals surface area contributed by atoms with Gasteiger partial charge < -0.3 is 10.6 Å². The molecule has 0 fully saturated rings. The maximum absolute atomic E-state index is 11.7. The molecule has 0 radical (unpaired) electrons. The van der Waals surface area contributed by atoms with Crippen LogP contribution in [0, 0.1) is 0 Å². The third-order valence-electron chi connectivity index (χ3n) is 2.77. The van der Waals surface area contributed by atoms with Crippen LogP contribution >= 0.6 is 0 Å². The Bertz CT molecular complexity index is 395. The van der Waals surface area contributed by atoms with Gasteiger partial charge in [-0.2, -0.15) is 0 Å². The number of nitrogens with one attached hydrogen (secondary N) is 2. The molecule has 0 saturated carbocycles. The highest BCUT2D eigenvalue weighted by Gasteiger charge is 2.11. The van der Waals surface area contributed by atoms with E-state index in [9.17, 15) is 4.79 Å². The minimum absolute atomic E-state index is 0.0252. The van der Waals surface area contributed by atoms with Crippen LogP contribution in [0.4, 0.5) is 5.69 Å². The molecule has 0 heterocycles. The third kappa shape index (κ3) is 4.24. The highest BCUT2D eigenvalue weighted by Crippen LogP contribution is 2.17. The number of benzene rings is 1. The first-order valence-corrected chi connectivity index (χ1v) is 6.29. The van der Waals surface area contributed by atoms with Crippen molar-refractivity contribution in [2.75, 3.05) is 11.9 Å². The van der Waals surface area contributed by atoms with E-state index < -0.39 is 0 Å². The van der Waals surface area contributed by atoms with Crippen LogP contribution in [-0.4, -0.2) is 18.5 Å². The Kier molecular flexibility index (Phi) is 5.43. The Morgan fingerprint density at radius 3 is 2.39 bits per heavy atom. The van der Waals surface area contributed by atoms with Gasteiger partial charge in [0.05, 0.1) is 0 Å². The van der Waals surface area contributed by atoms with E-state index in [2.05, 4.69) is 43.2 Å². The summed E-state index contributed by atoms with van der Waals surface area (Å²) in [5.41, 5.74) is 2.25. The van der Waals surface area contributed by atoms with Gasteiger partial charge in [0.1, 0.15) is 6.04 Å². The van der Waals surface area contributed by atoms with Gasteiger partial charge in [0, 0.05) is 12.2 Å². The molecule has 0 aliphatic carbocycles. The molecule has 0 saturated heterocycles. The summed E-state index contributed by atoms with van der Waals surface area (Å²) in [5.74, 6) is 0.496. The summed E-state index contributed by atoms with van der Waals surface area (Å²) in [5, 5.41) is 5.93. The lowest BCUT2D eigenvalue weighted by atomic mass is 10.0. The van der Waals surface area contributed by atoms with Gasteiger partial charge in [-0.25, -0.2) is 0 Å². The summed E-state index contributed by atoms with van der Waals surface area (Å²) in [7, 11) is 0. The average Bonchev–Trinajstić information content (AvgIpc) is 2.36. The van der Waals surface area contributed by atoms with Gasteiger partial charge in [-0.3, -0.25) is 4.79 Å². The number of hydrogen-bond donors (Lipinski definition) is 2. The summed E-state index contributed by atoms with van der Waals surface area (Å²) >= 11 is 0. The second kappa shape index (κ2) is 6.84. The first kappa shape index (κ1) is 14.3. The molecule has 1 aromatic carbocycles. The van der Waals surface area contributed by atoms with Crippen molar-refractivity contribution in [1.29, 1.82) is 0 Å². The van der Waals surface area contributed by atoms with Crippen LogP contribution in [0.1, 0.15) is 32.3 Å². The maximum atomic E-state index is 11.7. The summed E-state index contributed by atoms with van der Waals surface area (Å²) in [6, 6.07) is 7.93. The zero-order valence-electron chi connectivity index (χ0n) is 11.4. The minimum Gasteiger partial charge on any atom is -0.374 e. The molecule has 1 aromatic rings. The SMILES string of the molecule is C=CCNC(=O)[C@@H](C)Nc1ccc(C(C)C)cc1. The molecular weight excluding hydrogens is 224 g/mol. The fraction of sp³-hybridized carbons (Fsp3) is 0.400. The van der Waals surface area contributed by atoms with Crippen molar-refractivity contribution < 1.29 is 4.79 Å². The topological polar surface area (TPSA) is 41.1 Å². The number of amides is 1. The molecule has 3 heteroatoms. The lowest BCUT2D eigenvalue weighted by molar-refractivity contribution is -0.121. The summed E-state index contributed by atoms with van der Waals surface area (Å²) in [4.78, 5) is 11.7. The monoisotopic (exact) mass is 246 g/mol. The van der Waals surface area contributed by atoms with Crippen molar-refractivity contribution in [1.82, 2.24) is 5.32 Å². The quantitative estimate of drug-likeness (QED) is 0.758. The molecule has 18 heavy (non-hydrogen) atoms. The molecule has 98 valence electrons. The Morgan fingerprint density at radius 1 is 1.28 bits per heavy atom. The molecule has 2 N–H and O–H groups in total. The highest BCUT2D eigenvalue weighted by molar-refractivity contribution is 5.84. The summed E-state index contributed by atoms with van der Waals surface area (Å²) in [6.45, 7) is 10.2. The number of carbonyl (C=O) groups excluding carboxylic acids is 1. The second-order valence-electron chi connectivity index (χ2n) is 4.68. The highest BCUT2D eigenvalue weighted by atomic mass is 16.2. The van der Waals surface area contributed by atoms with Crippen LogP contribution in [0.25, 0.3) is 0 Å². The molecule has 1 amide bonds. The lowest BCUT2D eigenvalue weighted by Gasteiger charge is -2.15. The standard InChI is InChI=1S/C15H22N2O/c1-5-10-16-15(18)12(4)17-14-8-6-13(7-9-14)11(2)3/h5-9,11-12,17H,1,10H2,2-4H3,(H,16,18)/t12-/m1/s1. The molecule has 1 atom stereocenters. The molecular formula is C15H22N2O. The van der Waals surface area contributed by atoms with E-state index >= 15 is 0 Å². The molecule has 1 rings (SSSR count). The molecule has 3 nitrogen and oxygen atoms in total. The molecule has 0 aromatic heterocycles. The van der Waals surface area contributed by atoms with E-state index in [1.54, 1.807) is 6.08 Å². The van der Waals surface area contributed by atoms with Gasteiger partial charge >= 0.3 is 0 Å². The number of carbonyl (C=O) groups is 1. The average molecular weight is 246 g/mol. The van der Waals surface area contributed by atoms with Crippen LogP contribution < -0.4 is 10.6 Å². The minimum atomic E-state index is -0.255. The van der Waals surface area contributed by atoms with Crippen molar-refractivity contribution in [3.05, 3.63) is 42.5 Å². The molecule has 0 unspecified atom stereocenters. The Balaban J connectivity index is 2.56. The Labute approximate surface area is 109 Å². The number of anilines is 1. The van der Waals surface area contributed by atoms with Crippen LogP contribution in [0.3, 0.4) is 0 Å². The van der Waals surface area contributed by atoms with E-state index in [1.165, 1.54) is 5.56 Å². The van der Waals surface area contributed by atoms with E-state index in [1.807, 2.05) is 19.1 Å². The summed E-state index contributed by atoms with van der Waals surface area (Å²) < 4.78 is 0. The van der Waals surface area contributed by atoms with Crippen molar-refractivity contribution in [3.8, 4) is 0 Å². The van der Waals surface area contributed by atoms with Gasteiger partial charge in [0.2, 0.25) is 5.91 Å². The van der Waals surface area contributed by atoms with E-state index in [4.69, 9.17) is 0 Å². The molecule has 0 aliphatic rings. The van der Waals surface area contributed by atoms with Gasteiger partial charge in [-0.15, -0.1) is 6.58 Å². The van der Waals surface area contributed by atoms with Gasteiger partial charge in [0.15, 0.2) is 0 Å². The predicted molar refractivity (Wildman–Crippen MR) is 76.8 cm³/mol. The Morgan fingerprint density at radius 2 is 1.89 bits per heavy atom. The van der Waals surface area contributed by atoms with Crippen LogP contribution in [0.2, 0.25) is 0 Å². The van der Waals surface area contributed by atoms with Crippen molar-refractivity contribution >= 4 is 11.6 Å². The zero-order valence-corrected chi connectivity index (χ0v) is 11.4. The van der Waals surface area contributed by atoms with E-state index in [0.29, 0.717) is 12.5 Å². The normalized spacial score (nSPS) is 12.0. The molecule has 0 bridgehead atoms. The maximum Gasteiger partial charge on any atom is 0.242 e. The van der Waals surface area contributed by atoms with E-state index in [-0.39, 0.29) is 11.9 Å². The fourth-order valence-electron chi connectivity index (χ4n) is 1.61. The van der Waals surface area contributed by atoms with Crippen LogP contribution in [0.5, 0.6) is 0 Å². The van der Waals surface area contributed by atoms with Gasteiger partial charge in [-0.05, 0) is 30.5 Å². The summed E-state index contributed by atoms with van der Waals surface area (Å²) in [6.07, 6.45) is 1.67. The number of hydrogen-bond acceptors (Lipinski definition) is 2. The fourth-order valence-corrected chi connectivity index (χ4v) is 1.61. The van der Waals surface area contributed by atoms with E-state index in [0.717, 1.165) is 5.69 Å². The predicted octanol–water partition coefficient (Wildman–Crippen LogP) is 2.91. The zero-order chi connectivity index (χ0) is 13.5. The Hall–Kier alpha value is -1.77. The van der Waals surface area contributed by atoms with Crippen molar-refractivity contribution in [2.24, 2.45) is 0 Å². The lowest BCUT2D eigenvalue weighted by Crippen LogP contribution is -2.37. The van der Waals surface area contributed by atoms with Crippen LogP contribution in [-0.2, 0) is 4.79 Å². The molecule has 0 spiro atoms. The first-order valence-electron chi connectivity index (χ1n) is 6.29. The smallest absolute Gasteiger partial charge is 0.242 e. The van der Waals surface area contributed by atoms with Crippen molar-refractivity contribution in [3.63, 3.8) is 0 Å². The second-order valence-corrected chi connectivity index (χ2v) is 4.68. The van der Waals surface area contributed by atoms with Crippen LogP contribution in [0.15, 0.2) is 36.9 Å². The van der Waals surface area contributed by atoms with Gasteiger partial charge in [0.25, 0.3) is 0 Å².